The minimum absolute atomic E-state index is 0.0635. The van der Waals surface area contributed by atoms with E-state index >= 15 is 0 Å². The van der Waals surface area contributed by atoms with Gasteiger partial charge in [-0.05, 0) is 91.9 Å². The second-order valence-electron chi connectivity index (χ2n) is 13.3. The normalized spacial score (nSPS) is 34.0. The summed E-state index contributed by atoms with van der Waals surface area (Å²) in [6.07, 6.45) is 6.96. The highest BCUT2D eigenvalue weighted by molar-refractivity contribution is 6.33. The van der Waals surface area contributed by atoms with Gasteiger partial charge in [0.15, 0.2) is 22.8 Å². The number of carbonyl (C=O) groups is 3. The lowest BCUT2D eigenvalue weighted by molar-refractivity contribution is -0.180. The van der Waals surface area contributed by atoms with Crippen molar-refractivity contribution in [2.75, 3.05) is 0 Å². The van der Waals surface area contributed by atoms with Gasteiger partial charge in [-0.15, -0.1) is 0 Å². The van der Waals surface area contributed by atoms with Crippen LogP contribution in [0, 0.1) is 28.1 Å². The number of Topliss-reactive ketones (excluding diaryl/α,β-unsaturated/α-hetero) is 3. The van der Waals surface area contributed by atoms with E-state index in [0.29, 0.717) is 43.4 Å². The summed E-state index contributed by atoms with van der Waals surface area (Å²) in [6, 6.07) is 0. The van der Waals surface area contributed by atoms with Gasteiger partial charge in [-0.1, -0.05) is 44.1 Å². The molecular formula is C32H48O5. The topological polar surface area (TPSA) is 80.7 Å². The Morgan fingerprint density at radius 2 is 1.73 bits per heavy atom. The second kappa shape index (κ2) is 9.94. The minimum Gasteiger partial charge on any atom is -0.490 e. The molecule has 6 atom stereocenters. The van der Waals surface area contributed by atoms with Crippen LogP contribution >= 0.6 is 0 Å². The van der Waals surface area contributed by atoms with Gasteiger partial charge in [-0.3, -0.25) is 14.4 Å². The van der Waals surface area contributed by atoms with Crippen LogP contribution in [0.3, 0.4) is 0 Å². The van der Waals surface area contributed by atoms with Gasteiger partial charge in [-0.25, -0.2) is 0 Å². The van der Waals surface area contributed by atoms with Crippen molar-refractivity contribution >= 4 is 17.3 Å². The molecule has 0 saturated heterocycles. The van der Waals surface area contributed by atoms with Gasteiger partial charge >= 0.3 is 0 Å². The van der Waals surface area contributed by atoms with Gasteiger partial charge in [0.05, 0.1) is 11.0 Å². The average Bonchev–Trinajstić information content (AvgIpc) is 3.26. The van der Waals surface area contributed by atoms with Crippen molar-refractivity contribution in [3.8, 4) is 0 Å². The maximum absolute atomic E-state index is 14.8. The number of hydrogen-bond donors (Lipinski definition) is 1. The van der Waals surface area contributed by atoms with Crippen LogP contribution in [0.4, 0.5) is 0 Å². The molecule has 0 unspecified atom stereocenters. The molecule has 1 aliphatic heterocycles. The van der Waals surface area contributed by atoms with Gasteiger partial charge in [0.2, 0.25) is 0 Å². The summed E-state index contributed by atoms with van der Waals surface area (Å²) in [5, 5.41) is 10.8. The van der Waals surface area contributed by atoms with E-state index in [9.17, 15) is 19.5 Å². The van der Waals surface area contributed by atoms with Gasteiger partial charge < -0.3 is 9.84 Å². The van der Waals surface area contributed by atoms with Crippen molar-refractivity contribution in [2.45, 2.75) is 119 Å². The third-order valence-corrected chi connectivity index (χ3v) is 9.54. The highest BCUT2D eigenvalue weighted by atomic mass is 16.5. The molecule has 37 heavy (non-hydrogen) atoms. The van der Waals surface area contributed by atoms with Crippen molar-refractivity contribution in [3.05, 3.63) is 34.6 Å². The molecule has 1 N–H and O–H groups in total. The van der Waals surface area contributed by atoms with E-state index in [-0.39, 0.29) is 29.7 Å². The fourth-order valence-corrected chi connectivity index (χ4v) is 6.99. The quantitative estimate of drug-likeness (QED) is 0.275. The third kappa shape index (κ3) is 4.49. The fourth-order valence-electron chi connectivity index (χ4n) is 6.99. The first-order chi connectivity index (χ1) is 17.0. The van der Waals surface area contributed by atoms with Crippen LogP contribution in [0.25, 0.3) is 0 Å². The Morgan fingerprint density at radius 1 is 1.14 bits per heavy atom. The van der Waals surface area contributed by atoms with Gasteiger partial charge in [0, 0.05) is 17.9 Å². The number of allylic oxidation sites excluding steroid dienone is 5. The first kappa shape index (κ1) is 29.5. The Morgan fingerprint density at radius 3 is 2.24 bits per heavy atom. The molecule has 0 spiro atoms. The summed E-state index contributed by atoms with van der Waals surface area (Å²) < 4.78 is 6.28. The molecule has 2 aliphatic carbocycles. The van der Waals surface area contributed by atoms with Crippen LogP contribution in [0.5, 0.6) is 0 Å². The van der Waals surface area contributed by atoms with Gasteiger partial charge in [-0.2, -0.15) is 0 Å². The Hall–Kier alpha value is -2.01. The predicted octanol–water partition coefficient (Wildman–Crippen LogP) is 6.69. The zero-order chi connectivity index (χ0) is 28.1. The Balaban J connectivity index is 2.34. The molecule has 5 heteroatoms. The molecule has 2 bridgehead atoms. The monoisotopic (exact) mass is 512 g/mol. The van der Waals surface area contributed by atoms with Crippen molar-refractivity contribution in [1.29, 1.82) is 0 Å². The number of ether oxygens (including phenoxy) is 1. The van der Waals surface area contributed by atoms with E-state index in [0.717, 1.165) is 0 Å². The van der Waals surface area contributed by atoms with Crippen LogP contribution in [0.15, 0.2) is 34.6 Å². The number of carbonyl (C=O) groups excluding carboxylic acids is 3. The summed E-state index contributed by atoms with van der Waals surface area (Å²) >= 11 is 0. The van der Waals surface area contributed by atoms with E-state index in [4.69, 9.17) is 4.74 Å². The molecule has 1 fully saturated rings. The Kier molecular flexibility index (Phi) is 7.94. The lowest BCUT2D eigenvalue weighted by atomic mass is 9.38. The van der Waals surface area contributed by atoms with Crippen molar-refractivity contribution in [1.82, 2.24) is 0 Å². The SMILES string of the molecule is CC[C@H](C)C(=O)[C@@]12C(=O)C3=C(O[C@@H](C(C)(C)O)C3)[C@@](C)(C[C@H](CC=C(C)C)[C@@]1(C)CCC=C(C)C)C2=O. The van der Waals surface area contributed by atoms with E-state index in [1.54, 1.807) is 13.8 Å². The van der Waals surface area contributed by atoms with Crippen LogP contribution in [-0.4, -0.2) is 34.2 Å². The van der Waals surface area contributed by atoms with Crippen LogP contribution in [0.1, 0.15) is 108 Å². The van der Waals surface area contributed by atoms with Crippen molar-refractivity contribution in [2.24, 2.45) is 28.1 Å². The highest BCUT2D eigenvalue weighted by Crippen LogP contribution is 2.68. The average molecular weight is 513 g/mol. The standard InChI is InChI=1S/C32H48O5/c1-11-21(6)25(33)32-26(34)23-17-24(29(7,8)36)37-27(23)30(9,28(32)35)18-22(15-14-20(4)5)31(32,10)16-12-13-19(2)3/h13-14,21-22,24,36H,11-12,15-18H2,1-10H3/t21-,22-,24+,30+,31+,32-/m0/s1. The van der Waals surface area contributed by atoms with Crippen molar-refractivity contribution < 1.29 is 24.2 Å². The summed E-state index contributed by atoms with van der Waals surface area (Å²) in [6.45, 7) is 19.2. The molecule has 1 heterocycles. The zero-order valence-corrected chi connectivity index (χ0v) is 24.7. The Labute approximate surface area is 223 Å². The molecule has 206 valence electrons. The predicted molar refractivity (Wildman–Crippen MR) is 147 cm³/mol. The molecule has 0 aromatic carbocycles. The molecule has 3 rings (SSSR count). The van der Waals surface area contributed by atoms with Gasteiger partial charge in [0.1, 0.15) is 11.9 Å². The maximum Gasteiger partial charge on any atom is 0.184 e. The molecule has 5 nitrogen and oxygen atoms in total. The van der Waals surface area contributed by atoms with E-state index < -0.39 is 33.9 Å². The summed E-state index contributed by atoms with van der Waals surface area (Å²) in [7, 11) is 0. The molecule has 3 aliphatic rings. The van der Waals surface area contributed by atoms with E-state index in [1.807, 2.05) is 41.5 Å². The molecule has 0 amide bonds. The second-order valence-corrected chi connectivity index (χ2v) is 13.3. The molecule has 0 aromatic rings. The summed E-state index contributed by atoms with van der Waals surface area (Å²) in [5.41, 5.74) is -2.07. The van der Waals surface area contributed by atoms with Crippen LogP contribution < -0.4 is 0 Å². The van der Waals surface area contributed by atoms with Crippen LogP contribution in [0.2, 0.25) is 0 Å². The van der Waals surface area contributed by atoms with E-state index in [2.05, 4.69) is 26.0 Å². The largest absolute Gasteiger partial charge is 0.490 e. The first-order valence-electron chi connectivity index (χ1n) is 14.0. The first-order valence-corrected chi connectivity index (χ1v) is 14.0. The molecular weight excluding hydrogens is 464 g/mol. The van der Waals surface area contributed by atoms with Gasteiger partial charge in [0.25, 0.3) is 0 Å². The number of aliphatic hydroxyl groups is 1. The smallest absolute Gasteiger partial charge is 0.184 e. The van der Waals surface area contributed by atoms with Crippen LogP contribution in [-0.2, 0) is 19.1 Å². The Bertz CT molecular complexity index is 1060. The summed E-state index contributed by atoms with van der Waals surface area (Å²) in [4.78, 5) is 44.0. The third-order valence-electron chi connectivity index (χ3n) is 9.54. The molecule has 0 radical (unpaired) electrons. The zero-order valence-electron chi connectivity index (χ0n) is 24.7. The number of ketones is 3. The maximum atomic E-state index is 14.8. The fraction of sp³-hybridized carbons (Fsp3) is 0.719. The summed E-state index contributed by atoms with van der Waals surface area (Å²) in [5.74, 6) is -0.989. The van der Waals surface area contributed by atoms with Crippen molar-refractivity contribution in [3.63, 3.8) is 0 Å². The minimum atomic E-state index is -1.75. The number of fused-ring (bicyclic) bond motifs is 3. The lowest BCUT2D eigenvalue weighted by Crippen LogP contribution is -2.70. The highest BCUT2D eigenvalue weighted by Gasteiger charge is 2.76. The number of hydrogen-bond acceptors (Lipinski definition) is 5. The lowest BCUT2D eigenvalue weighted by Gasteiger charge is -2.60. The van der Waals surface area contributed by atoms with E-state index in [1.165, 1.54) is 11.1 Å². The molecule has 1 saturated carbocycles. The molecule has 0 aromatic heterocycles. The number of rotatable bonds is 9.